The first-order valence-electron chi connectivity index (χ1n) is 7.30. The highest BCUT2D eigenvalue weighted by Gasteiger charge is 2.37. The number of hydrogen-bond acceptors (Lipinski definition) is 3. The van der Waals surface area contributed by atoms with Gasteiger partial charge in [0.05, 0.1) is 22.9 Å². The Labute approximate surface area is 145 Å². The number of rotatable bonds is 6. The highest BCUT2D eigenvalue weighted by atomic mass is 79.9. The highest BCUT2D eigenvalue weighted by molar-refractivity contribution is 9.10. The van der Waals surface area contributed by atoms with E-state index in [2.05, 4.69) is 31.4 Å². The van der Waals surface area contributed by atoms with Crippen LogP contribution in [0.2, 0.25) is 0 Å². The molecule has 0 bridgehead atoms. The second-order valence-electron chi connectivity index (χ2n) is 5.20. The van der Waals surface area contributed by atoms with Crippen LogP contribution in [-0.4, -0.2) is 25.5 Å². The summed E-state index contributed by atoms with van der Waals surface area (Å²) in [4.78, 5) is 11.9. The van der Waals surface area contributed by atoms with E-state index in [1.165, 1.54) is 11.6 Å². The Hall–Kier alpha value is -1.84. The van der Waals surface area contributed by atoms with Crippen LogP contribution in [0.5, 0.6) is 0 Å². The fourth-order valence-electron chi connectivity index (χ4n) is 2.09. The van der Waals surface area contributed by atoms with Crippen molar-refractivity contribution in [2.24, 2.45) is 0 Å². The minimum Gasteiger partial charge on any atom is -0.352 e. The predicted molar refractivity (Wildman–Crippen MR) is 84.0 cm³/mol. The number of carbonyl (C=O) groups excluding carboxylic acids is 1. The summed E-state index contributed by atoms with van der Waals surface area (Å²) in [5.74, 6) is -0.265. The summed E-state index contributed by atoms with van der Waals surface area (Å²) in [5, 5.41) is 10.3. The molecular weight excluding hydrogens is 391 g/mol. The van der Waals surface area contributed by atoms with Crippen LogP contribution in [0, 0.1) is 6.92 Å². The lowest BCUT2D eigenvalue weighted by Gasteiger charge is -2.06. The van der Waals surface area contributed by atoms with Crippen LogP contribution in [0.3, 0.4) is 0 Å². The van der Waals surface area contributed by atoms with E-state index in [9.17, 15) is 18.0 Å². The van der Waals surface area contributed by atoms with Crippen molar-refractivity contribution in [1.82, 2.24) is 24.9 Å². The lowest BCUT2D eigenvalue weighted by Crippen LogP contribution is -2.24. The number of nitrogens with one attached hydrogen (secondary N) is 1. The summed E-state index contributed by atoms with van der Waals surface area (Å²) in [5.41, 5.74) is 0.217. The Balaban J connectivity index is 1.90. The molecule has 0 aliphatic carbocycles. The lowest BCUT2D eigenvalue weighted by molar-refractivity contribution is -0.142. The standard InChI is InChI=1S/C14H17BrF3N5O/c1-3-22-8-10(7-20-22)6-19-11(24)4-5-23-9(2)12(15)13(21-23)14(16,17)18/h7-8H,3-6H2,1-2H3,(H,19,24). The van der Waals surface area contributed by atoms with E-state index in [1.807, 2.05) is 13.1 Å². The van der Waals surface area contributed by atoms with Crippen molar-refractivity contribution in [3.63, 3.8) is 0 Å². The smallest absolute Gasteiger partial charge is 0.352 e. The van der Waals surface area contributed by atoms with Gasteiger partial charge in [-0.3, -0.25) is 14.2 Å². The van der Waals surface area contributed by atoms with Crippen LogP contribution in [-0.2, 0) is 30.6 Å². The molecule has 1 N–H and O–H groups in total. The van der Waals surface area contributed by atoms with Gasteiger partial charge in [-0.05, 0) is 29.8 Å². The highest BCUT2D eigenvalue weighted by Crippen LogP contribution is 2.35. The third-order valence-electron chi connectivity index (χ3n) is 3.45. The molecule has 2 rings (SSSR count). The minimum absolute atomic E-state index is 0.0359. The number of nitrogens with zero attached hydrogens (tertiary/aromatic N) is 4. The van der Waals surface area contributed by atoms with Gasteiger partial charge in [0.15, 0.2) is 5.69 Å². The van der Waals surface area contributed by atoms with Crippen molar-refractivity contribution >= 4 is 21.8 Å². The first-order chi connectivity index (χ1) is 11.2. The van der Waals surface area contributed by atoms with Crippen LogP contribution in [0.1, 0.15) is 30.3 Å². The fraction of sp³-hybridized carbons (Fsp3) is 0.500. The minimum atomic E-state index is -4.53. The molecule has 2 aromatic heterocycles. The Morgan fingerprint density at radius 1 is 1.42 bits per heavy atom. The third-order valence-corrected chi connectivity index (χ3v) is 4.40. The molecule has 0 atom stereocenters. The zero-order valence-electron chi connectivity index (χ0n) is 13.2. The summed E-state index contributed by atoms with van der Waals surface area (Å²) in [7, 11) is 0. The summed E-state index contributed by atoms with van der Waals surface area (Å²) in [6, 6.07) is 0. The molecule has 0 spiro atoms. The van der Waals surface area contributed by atoms with E-state index >= 15 is 0 Å². The van der Waals surface area contributed by atoms with Crippen molar-refractivity contribution in [3.05, 3.63) is 33.8 Å². The first kappa shape index (κ1) is 18.5. The van der Waals surface area contributed by atoms with Crippen LogP contribution in [0.15, 0.2) is 16.9 Å². The third kappa shape index (κ3) is 4.37. The van der Waals surface area contributed by atoms with Crippen molar-refractivity contribution in [2.75, 3.05) is 0 Å². The van der Waals surface area contributed by atoms with E-state index in [0.29, 0.717) is 12.2 Å². The Kier molecular flexibility index (Phi) is 5.68. The molecule has 2 aromatic rings. The van der Waals surface area contributed by atoms with Gasteiger partial charge in [0.2, 0.25) is 5.91 Å². The Morgan fingerprint density at radius 2 is 2.12 bits per heavy atom. The van der Waals surface area contributed by atoms with Crippen molar-refractivity contribution in [2.45, 2.75) is 46.1 Å². The van der Waals surface area contributed by atoms with E-state index in [1.54, 1.807) is 10.9 Å². The molecule has 0 fully saturated rings. The molecule has 0 unspecified atom stereocenters. The molecule has 6 nitrogen and oxygen atoms in total. The van der Waals surface area contributed by atoms with Gasteiger partial charge in [-0.25, -0.2) is 0 Å². The van der Waals surface area contributed by atoms with Gasteiger partial charge < -0.3 is 5.32 Å². The maximum Gasteiger partial charge on any atom is 0.436 e. The number of carbonyl (C=O) groups is 1. The number of aryl methyl sites for hydroxylation is 2. The van der Waals surface area contributed by atoms with E-state index in [4.69, 9.17) is 0 Å². The summed E-state index contributed by atoms with van der Waals surface area (Å²) < 4.78 is 41.2. The van der Waals surface area contributed by atoms with Crippen molar-refractivity contribution in [3.8, 4) is 0 Å². The van der Waals surface area contributed by atoms with Crippen LogP contribution < -0.4 is 5.32 Å². The Morgan fingerprint density at radius 3 is 2.67 bits per heavy atom. The number of amides is 1. The Bertz CT molecular complexity index is 723. The largest absolute Gasteiger partial charge is 0.436 e. The van der Waals surface area contributed by atoms with Gasteiger partial charge in [0, 0.05) is 31.3 Å². The average Bonchev–Trinajstić information content (AvgIpc) is 3.09. The number of alkyl halides is 3. The molecule has 132 valence electrons. The van der Waals surface area contributed by atoms with E-state index < -0.39 is 11.9 Å². The number of hydrogen-bond donors (Lipinski definition) is 1. The topological polar surface area (TPSA) is 64.7 Å². The lowest BCUT2D eigenvalue weighted by atomic mass is 10.3. The SMILES string of the molecule is CCn1cc(CNC(=O)CCn2nc(C(F)(F)F)c(Br)c2C)cn1. The maximum absolute atomic E-state index is 12.8. The van der Waals surface area contributed by atoms with E-state index in [0.717, 1.165) is 12.1 Å². The molecule has 2 heterocycles. The van der Waals surface area contributed by atoms with Crippen molar-refractivity contribution in [1.29, 1.82) is 0 Å². The summed E-state index contributed by atoms with van der Waals surface area (Å²) >= 11 is 2.90. The second-order valence-corrected chi connectivity index (χ2v) is 5.99. The van der Waals surface area contributed by atoms with Gasteiger partial charge in [-0.2, -0.15) is 23.4 Å². The van der Waals surface area contributed by atoms with E-state index in [-0.39, 0.29) is 23.3 Å². The predicted octanol–water partition coefficient (Wildman–Crippen LogP) is 2.90. The fourth-order valence-corrected chi connectivity index (χ4v) is 2.60. The van der Waals surface area contributed by atoms with Crippen LogP contribution in [0.4, 0.5) is 13.2 Å². The van der Waals surface area contributed by atoms with Gasteiger partial charge in [0.1, 0.15) is 0 Å². The molecule has 0 radical (unpaired) electrons. The molecular formula is C14H17BrF3N5O. The van der Waals surface area contributed by atoms with Crippen molar-refractivity contribution < 1.29 is 18.0 Å². The quantitative estimate of drug-likeness (QED) is 0.800. The molecule has 24 heavy (non-hydrogen) atoms. The molecule has 0 saturated carbocycles. The summed E-state index contributed by atoms with van der Waals surface area (Å²) in [6.07, 6.45) is -1.01. The van der Waals surface area contributed by atoms with Crippen LogP contribution >= 0.6 is 15.9 Å². The van der Waals surface area contributed by atoms with Gasteiger partial charge in [-0.15, -0.1) is 0 Å². The molecule has 0 aliphatic rings. The molecule has 0 aliphatic heterocycles. The summed E-state index contributed by atoms with van der Waals surface area (Å²) in [6.45, 7) is 4.61. The average molecular weight is 408 g/mol. The zero-order valence-corrected chi connectivity index (χ0v) is 14.8. The maximum atomic E-state index is 12.8. The molecule has 10 heteroatoms. The van der Waals surface area contributed by atoms with Gasteiger partial charge in [0.25, 0.3) is 0 Å². The zero-order chi connectivity index (χ0) is 17.9. The van der Waals surface area contributed by atoms with Crippen LogP contribution in [0.25, 0.3) is 0 Å². The monoisotopic (exact) mass is 407 g/mol. The first-order valence-corrected chi connectivity index (χ1v) is 8.09. The number of halogens is 4. The molecule has 1 amide bonds. The second kappa shape index (κ2) is 7.37. The van der Waals surface area contributed by atoms with Gasteiger partial charge in [-0.1, -0.05) is 0 Å². The normalized spacial score (nSPS) is 11.8. The number of aromatic nitrogens is 4. The van der Waals surface area contributed by atoms with Gasteiger partial charge >= 0.3 is 6.18 Å². The molecule has 0 saturated heterocycles. The molecule has 0 aromatic carbocycles.